The van der Waals surface area contributed by atoms with E-state index in [1.54, 1.807) is 36.4 Å². The van der Waals surface area contributed by atoms with Gasteiger partial charge in [-0.2, -0.15) is 0 Å². The van der Waals surface area contributed by atoms with Crippen molar-refractivity contribution in [1.29, 1.82) is 0 Å². The van der Waals surface area contributed by atoms with Crippen molar-refractivity contribution >= 4 is 48.7 Å². The van der Waals surface area contributed by atoms with E-state index in [0.29, 0.717) is 16.3 Å². The second-order valence-electron chi connectivity index (χ2n) is 8.21. The lowest BCUT2D eigenvalue weighted by molar-refractivity contribution is 0.103. The Balaban J connectivity index is 1.63. The first-order chi connectivity index (χ1) is 16.1. The molecule has 1 aromatic heterocycles. The lowest BCUT2D eigenvalue weighted by Crippen LogP contribution is -2.27. The van der Waals surface area contributed by atoms with Crippen LogP contribution < -0.4 is 14.4 Å². The Morgan fingerprint density at radius 1 is 0.941 bits per heavy atom. The average molecular weight is 495 g/mol. The monoisotopic (exact) mass is 494 g/mol. The second-order valence-corrected chi connectivity index (χ2v) is 11.2. The van der Waals surface area contributed by atoms with E-state index in [1.165, 1.54) is 29.8 Å². The highest BCUT2D eigenvalue weighted by Gasteiger charge is 2.26. The van der Waals surface area contributed by atoms with Gasteiger partial charge in [0.05, 0.1) is 17.7 Å². The number of ether oxygens (including phenoxy) is 1. The molecule has 0 bridgehead atoms. The van der Waals surface area contributed by atoms with Crippen molar-refractivity contribution in [3.05, 3.63) is 82.2 Å². The first-order valence-electron chi connectivity index (χ1n) is 10.7. The number of nitrogens with zero attached hydrogens (tertiary/aromatic N) is 1. The number of nitrogens with one attached hydrogen (secondary N) is 1. The Morgan fingerprint density at radius 3 is 2.41 bits per heavy atom. The van der Waals surface area contributed by atoms with Gasteiger partial charge in [-0.15, -0.1) is 11.3 Å². The summed E-state index contributed by atoms with van der Waals surface area (Å²) in [7, 11) is -0.889. The summed E-state index contributed by atoms with van der Waals surface area (Å²) in [6.07, 6.45) is 0. The van der Waals surface area contributed by atoms with Gasteiger partial charge >= 0.3 is 0 Å². The Labute approximate surface area is 203 Å². The Morgan fingerprint density at radius 2 is 1.71 bits per heavy atom. The number of thiophene rings is 1. The topological polar surface area (TPSA) is 75.7 Å². The van der Waals surface area contributed by atoms with E-state index in [0.717, 1.165) is 32.5 Å². The van der Waals surface area contributed by atoms with Gasteiger partial charge in [0.2, 0.25) is 0 Å². The maximum absolute atomic E-state index is 13.4. The smallest absolute Gasteiger partial charge is 0.267 e. The van der Waals surface area contributed by atoms with E-state index in [1.807, 2.05) is 45.0 Å². The third-order valence-corrected chi connectivity index (χ3v) is 8.73. The second kappa shape index (κ2) is 9.12. The maximum atomic E-state index is 13.4. The van der Waals surface area contributed by atoms with Crippen LogP contribution >= 0.6 is 11.3 Å². The molecule has 0 aliphatic rings. The molecule has 0 atom stereocenters. The van der Waals surface area contributed by atoms with Crippen LogP contribution in [-0.2, 0) is 10.0 Å². The zero-order valence-corrected chi connectivity index (χ0v) is 21.3. The molecule has 0 fully saturated rings. The van der Waals surface area contributed by atoms with Crippen molar-refractivity contribution < 1.29 is 17.9 Å². The molecular formula is C26H26N2O4S2. The first kappa shape index (κ1) is 23.8. The summed E-state index contributed by atoms with van der Waals surface area (Å²) in [4.78, 5) is 13.5. The molecular weight excluding hydrogens is 468 g/mol. The lowest BCUT2D eigenvalue weighted by Gasteiger charge is -2.21. The van der Waals surface area contributed by atoms with Crippen LogP contribution in [0.2, 0.25) is 0 Å². The molecule has 4 aromatic rings. The van der Waals surface area contributed by atoms with E-state index in [-0.39, 0.29) is 10.8 Å². The van der Waals surface area contributed by atoms with Crippen molar-refractivity contribution in [3.8, 4) is 5.75 Å². The molecule has 1 amide bonds. The van der Waals surface area contributed by atoms with Crippen LogP contribution in [0.5, 0.6) is 5.75 Å². The average Bonchev–Trinajstić information content (AvgIpc) is 3.24. The van der Waals surface area contributed by atoms with Crippen LogP contribution in [0, 0.1) is 20.8 Å². The third kappa shape index (κ3) is 4.51. The van der Waals surface area contributed by atoms with Crippen molar-refractivity contribution in [2.75, 3.05) is 23.8 Å². The Kier molecular flexibility index (Phi) is 6.38. The number of hydrogen-bond donors (Lipinski definition) is 1. The van der Waals surface area contributed by atoms with E-state index in [4.69, 9.17) is 4.74 Å². The SMILES string of the molecule is COc1ccc(C)cc1S(=O)(=O)N(C)c1ccc2sc(C(=O)Nc3ccc(C)c(C)c3)cc2c1. The number of carbonyl (C=O) groups excluding carboxylic acids is 1. The molecule has 0 saturated heterocycles. The minimum Gasteiger partial charge on any atom is -0.495 e. The minimum atomic E-state index is -3.85. The van der Waals surface area contributed by atoms with Crippen LogP contribution in [-0.4, -0.2) is 28.5 Å². The van der Waals surface area contributed by atoms with Gasteiger partial charge in [0.15, 0.2) is 0 Å². The molecule has 0 aliphatic heterocycles. The largest absolute Gasteiger partial charge is 0.495 e. The highest BCUT2D eigenvalue weighted by atomic mass is 32.2. The molecule has 1 N–H and O–H groups in total. The number of benzene rings is 3. The van der Waals surface area contributed by atoms with Crippen molar-refractivity contribution in [3.63, 3.8) is 0 Å². The summed E-state index contributed by atoms with van der Waals surface area (Å²) >= 11 is 1.36. The summed E-state index contributed by atoms with van der Waals surface area (Å²) < 4.78 is 34.1. The molecule has 0 unspecified atom stereocenters. The molecule has 6 nitrogen and oxygen atoms in total. The fourth-order valence-corrected chi connectivity index (χ4v) is 5.99. The van der Waals surface area contributed by atoms with E-state index in [2.05, 4.69) is 5.32 Å². The van der Waals surface area contributed by atoms with Crippen molar-refractivity contribution in [2.45, 2.75) is 25.7 Å². The molecule has 0 saturated carbocycles. The first-order valence-corrected chi connectivity index (χ1v) is 12.9. The predicted molar refractivity (Wildman–Crippen MR) is 139 cm³/mol. The summed E-state index contributed by atoms with van der Waals surface area (Å²) in [6.45, 7) is 5.86. The summed E-state index contributed by atoms with van der Waals surface area (Å²) in [6, 6.07) is 18.0. The number of amides is 1. The lowest BCUT2D eigenvalue weighted by atomic mass is 10.1. The van der Waals surface area contributed by atoms with Crippen molar-refractivity contribution in [1.82, 2.24) is 0 Å². The number of rotatable bonds is 6. The van der Waals surface area contributed by atoms with E-state index >= 15 is 0 Å². The van der Waals surface area contributed by atoms with E-state index in [9.17, 15) is 13.2 Å². The summed E-state index contributed by atoms with van der Waals surface area (Å²) in [5.74, 6) is 0.0934. The maximum Gasteiger partial charge on any atom is 0.267 e. The predicted octanol–water partition coefficient (Wildman–Crippen LogP) is 5.91. The molecule has 176 valence electrons. The van der Waals surface area contributed by atoms with E-state index < -0.39 is 10.0 Å². The third-order valence-electron chi connectivity index (χ3n) is 5.81. The van der Waals surface area contributed by atoms with Gasteiger partial charge in [-0.25, -0.2) is 8.42 Å². The molecule has 8 heteroatoms. The van der Waals surface area contributed by atoms with Gasteiger partial charge < -0.3 is 10.1 Å². The molecule has 4 rings (SSSR count). The van der Waals surface area contributed by atoms with Crippen LogP contribution in [0.25, 0.3) is 10.1 Å². The van der Waals surface area contributed by atoms with Crippen LogP contribution in [0.1, 0.15) is 26.4 Å². The molecule has 34 heavy (non-hydrogen) atoms. The fraction of sp³-hybridized carbons (Fsp3) is 0.192. The minimum absolute atomic E-state index is 0.108. The standard InChI is InChI=1S/C26H26N2O4S2/c1-16-6-10-22(32-5)25(12-16)34(30,31)28(4)21-9-11-23-19(14-21)15-24(33-23)26(29)27-20-8-7-17(2)18(3)13-20/h6-15H,1-5H3,(H,27,29). The molecule has 0 spiro atoms. The zero-order valence-electron chi connectivity index (χ0n) is 19.7. The number of aryl methyl sites for hydroxylation is 3. The van der Waals surface area contributed by atoms with Gasteiger partial charge in [-0.3, -0.25) is 9.10 Å². The van der Waals surface area contributed by atoms with Gasteiger partial charge in [0.1, 0.15) is 10.6 Å². The van der Waals surface area contributed by atoms with Gasteiger partial charge in [-0.05, 0) is 91.4 Å². The van der Waals surface area contributed by atoms with Crippen LogP contribution in [0.4, 0.5) is 11.4 Å². The van der Waals surface area contributed by atoms with Gasteiger partial charge in [0, 0.05) is 17.4 Å². The molecule has 1 heterocycles. The van der Waals surface area contributed by atoms with Crippen LogP contribution in [0.3, 0.4) is 0 Å². The molecule has 3 aromatic carbocycles. The highest BCUT2D eigenvalue weighted by molar-refractivity contribution is 7.93. The summed E-state index contributed by atoms with van der Waals surface area (Å²) in [5.41, 5.74) is 4.32. The molecule has 0 radical (unpaired) electrons. The Bertz CT molecular complexity index is 1510. The zero-order chi connectivity index (χ0) is 24.6. The van der Waals surface area contributed by atoms with Gasteiger partial charge in [0.25, 0.3) is 15.9 Å². The summed E-state index contributed by atoms with van der Waals surface area (Å²) in [5, 5.41) is 3.74. The normalized spacial score (nSPS) is 11.4. The number of methoxy groups -OCH3 is 1. The number of fused-ring (bicyclic) bond motifs is 1. The number of carbonyl (C=O) groups is 1. The molecule has 0 aliphatic carbocycles. The number of hydrogen-bond acceptors (Lipinski definition) is 5. The highest BCUT2D eigenvalue weighted by Crippen LogP contribution is 2.34. The number of sulfonamides is 1. The van der Waals surface area contributed by atoms with Crippen molar-refractivity contribution in [2.24, 2.45) is 0 Å². The quantitative estimate of drug-likeness (QED) is 0.361. The fourth-order valence-electron chi connectivity index (χ4n) is 3.62. The Hall–Kier alpha value is -3.36. The van der Waals surface area contributed by atoms with Gasteiger partial charge in [-0.1, -0.05) is 12.1 Å². The number of anilines is 2. The van der Waals surface area contributed by atoms with Crippen LogP contribution in [0.15, 0.2) is 65.6 Å².